The molecule has 0 aliphatic carbocycles. The normalized spacial score (nSPS) is 10.3. The Hall–Kier alpha value is -2.50. The maximum atomic E-state index is 13.1. The van der Waals surface area contributed by atoms with Crippen molar-refractivity contribution >= 4 is 11.7 Å². The number of hydrogen-bond acceptors (Lipinski definition) is 3. The zero-order chi connectivity index (χ0) is 14.7. The van der Waals surface area contributed by atoms with Gasteiger partial charge in [0.25, 0.3) is 5.91 Å². The smallest absolute Gasteiger partial charge is 0.257 e. The quantitative estimate of drug-likeness (QED) is 0.935. The van der Waals surface area contributed by atoms with Crippen molar-refractivity contribution in [3.63, 3.8) is 0 Å². The number of anilines is 1. The molecule has 0 radical (unpaired) electrons. The zero-order valence-electron chi connectivity index (χ0n) is 10.8. The molecule has 0 unspecified atom stereocenters. The van der Waals surface area contributed by atoms with Crippen molar-refractivity contribution in [2.24, 2.45) is 0 Å². The second-order valence-corrected chi connectivity index (χ2v) is 4.38. The molecule has 0 saturated carbocycles. The number of halogens is 2. The molecular weight excluding hydrogens is 264 g/mol. The van der Waals surface area contributed by atoms with E-state index in [1.165, 1.54) is 24.1 Å². The standard InChI is InChI=1S/C14H13F2N3O/c1-19(8-9-3-2-4-10(15)5-9)14(20)12-6-11(16)7-18-13(12)17/h2-7H,8H2,1H3,(H2,17,18). The van der Waals surface area contributed by atoms with E-state index in [1.807, 2.05) is 0 Å². The van der Waals surface area contributed by atoms with Gasteiger partial charge >= 0.3 is 0 Å². The first kappa shape index (κ1) is 13.9. The van der Waals surface area contributed by atoms with Crippen LogP contribution in [0.5, 0.6) is 0 Å². The highest BCUT2D eigenvalue weighted by molar-refractivity contribution is 5.98. The number of nitrogens with zero attached hydrogens (tertiary/aromatic N) is 2. The fraction of sp³-hybridized carbons (Fsp3) is 0.143. The summed E-state index contributed by atoms with van der Waals surface area (Å²) >= 11 is 0. The maximum absolute atomic E-state index is 13.1. The predicted molar refractivity (Wildman–Crippen MR) is 70.8 cm³/mol. The Morgan fingerprint density at radius 1 is 1.30 bits per heavy atom. The van der Waals surface area contributed by atoms with Crippen LogP contribution in [-0.2, 0) is 6.54 Å². The van der Waals surface area contributed by atoms with Crippen LogP contribution in [0.15, 0.2) is 36.5 Å². The molecule has 1 heterocycles. The van der Waals surface area contributed by atoms with E-state index in [4.69, 9.17) is 5.73 Å². The van der Waals surface area contributed by atoms with Gasteiger partial charge in [0.15, 0.2) is 0 Å². The maximum Gasteiger partial charge on any atom is 0.257 e. The molecule has 6 heteroatoms. The monoisotopic (exact) mass is 277 g/mol. The van der Waals surface area contributed by atoms with Gasteiger partial charge in [-0.1, -0.05) is 12.1 Å². The van der Waals surface area contributed by atoms with Crippen LogP contribution in [0.1, 0.15) is 15.9 Å². The lowest BCUT2D eigenvalue weighted by Gasteiger charge is -2.18. The zero-order valence-corrected chi connectivity index (χ0v) is 10.8. The number of pyridine rings is 1. The molecule has 0 spiro atoms. The lowest BCUT2D eigenvalue weighted by atomic mass is 10.2. The number of amides is 1. The molecule has 104 valence electrons. The number of rotatable bonds is 3. The van der Waals surface area contributed by atoms with Gasteiger partial charge in [0, 0.05) is 13.6 Å². The number of nitrogens with two attached hydrogens (primary N) is 1. The second kappa shape index (κ2) is 5.64. The summed E-state index contributed by atoms with van der Waals surface area (Å²) in [7, 11) is 1.53. The summed E-state index contributed by atoms with van der Waals surface area (Å²) in [4.78, 5) is 17.1. The molecule has 2 aromatic rings. The van der Waals surface area contributed by atoms with Crippen molar-refractivity contribution < 1.29 is 13.6 Å². The average molecular weight is 277 g/mol. The summed E-state index contributed by atoms with van der Waals surface area (Å²) in [6, 6.07) is 6.94. The molecule has 1 aromatic heterocycles. The van der Waals surface area contributed by atoms with Crippen molar-refractivity contribution in [2.45, 2.75) is 6.54 Å². The van der Waals surface area contributed by atoms with E-state index in [9.17, 15) is 13.6 Å². The van der Waals surface area contributed by atoms with Gasteiger partial charge in [-0.05, 0) is 23.8 Å². The van der Waals surface area contributed by atoms with E-state index in [2.05, 4.69) is 4.98 Å². The molecule has 0 aliphatic rings. The second-order valence-electron chi connectivity index (χ2n) is 4.38. The summed E-state index contributed by atoms with van der Waals surface area (Å²) in [5.41, 5.74) is 6.18. The first-order valence-electron chi connectivity index (χ1n) is 5.88. The SMILES string of the molecule is CN(Cc1cccc(F)c1)C(=O)c1cc(F)cnc1N. The van der Waals surface area contributed by atoms with Crippen LogP contribution in [-0.4, -0.2) is 22.8 Å². The van der Waals surface area contributed by atoms with E-state index >= 15 is 0 Å². The Labute approximate surface area is 114 Å². The van der Waals surface area contributed by atoms with E-state index in [0.29, 0.717) is 5.56 Å². The van der Waals surface area contributed by atoms with Crippen LogP contribution < -0.4 is 5.73 Å². The molecule has 2 N–H and O–H groups in total. The first-order valence-corrected chi connectivity index (χ1v) is 5.88. The minimum Gasteiger partial charge on any atom is -0.383 e. The van der Waals surface area contributed by atoms with Gasteiger partial charge in [-0.2, -0.15) is 0 Å². The van der Waals surface area contributed by atoms with Crippen LogP contribution in [0.4, 0.5) is 14.6 Å². The molecular formula is C14H13F2N3O. The third-order valence-electron chi connectivity index (χ3n) is 2.77. The van der Waals surface area contributed by atoms with Crippen molar-refractivity contribution in [1.82, 2.24) is 9.88 Å². The summed E-state index contributed by atoms with van der Waals surface area (Å²) in [5.74, 6) is -1.53. The van der Waals surface area contributed by atoms with Crippen LogP contribution in [0.25, 0.3) is 0 Å². The highest BCUT2D eigenvalue weighted by Gasteiger charge is 2.16. The van der Waals surface area contributed by atoms with Crippen molar-refractivity contribution in [3.8, 4) is 0 Å². The molecule has 0 atom stereocenters. The minimum atomic E-state index is -0.637. The van der Waals surface area contributed by atoms with Gasteiger partial charge in [0.1, 0.15) is 17.5 Å². The van der Waals surface area contributed by atoms with Crippen LogP contribution >= 0.6 is 0 Å². The molecule has 1 aromatic carbocycles. The summed E-state index contributed by atoms with van der Waals surface area (Å²) in [6.07, 6.45) is 0.943. The molecule has 0 saturated heterocycles. The lowest BCUT2D eigenvalue weighted by molar-refractivity contribution is 0.0785. The average Bonchev–Trinajstić information content (AvgIpc) is 2.40. The minimum absolute atomic E-state index is 0.0103. The Kier molecular flexibility index (Phi) is 3.93. The van der Waals surface area contributed by atoms with Gasteiger partial charge in [0.2, 0.25) is 0 Å². The van der Waals surface area contributed by atoms with Gasteiger partial charge in [-0.3, -0.25) is 4.79 Å². The van der Waals surface area contributed by atoms with E-state index in [-0.39, 0.29) is 23.7 Å². The number of carbonyl (C=O) groups excluding carboxylic acids is 1. The van der Waals surface area contributed by atoms with Gasteiger partial charge in [-0.25, -0.2) is 13.8 Å². The number of benzene rings is 1. The van der Waals surface area contributed by atoms with Gasteiger partial charge < -0.3 is 10.6 Å². The lowest BCUT2D eigenvalue weighted by Crippen LogP contribution is -2.27. The van der Waals surface area contributed by atoms with Crippen LogP contribution in [0, 0.1) is 11.6 Å². The Morgan fingerprint density at radius 2 is 2.05 bits per heavy atom. The molecule has 2 rings (SSSR count). The molecule has 0 aliphatic heterocycles. The van der Waals surface area contributed by atoms with Crippen molar-refractivity contribution in [1.29, 1.82) is 0 Å². The number of carbonyl (C=O) groups is 1. The van der Waals surface area contributed by atoms with Gasteiger partial charge in [0.05, 0.1) is 11.8 Å². The molecule has 4 nitrogen and oxygen atoms in total. The first-order chi connectivity index (χ1) is 9.47. The van der Waals surface area contributed by atoms with Crippen LogP contribution in [0.2, 0.25) is 0 Å². The topological polar surface area (TPSA) is 59.2 Å². The number of nitrogen functional groups attached to an aromatic ring is 1. The summed E-state index contributed by atoms with van der Waals surface area (Å²) in [5, 5.41) is 0. The van der Waals surface area contributed by atoms with Crippen molar-refractivity contribution in [2.75, 3.05) is 12.8 Å². The Morgan fingerprint density at radius 3 is 2.75 bits per heavy atom. The third kappa shape index (κ3) is 3.09. The Balaban J connectivity index is 2.18. The Bertz CT molecular complexity index is 646. The van der Waals surface area contributed by atoms with E-state index in [1.54, 1.807) is 12.1 Å². The third-order valence-corrected chi connectivity index (χ3v) is 2.77. The fourth-order valence-electron chi connectivity index (χ4n) is 1.81. The highest BCUT2D eigenvalue weighted by atomic mass is 19.1. The molecule has 0 fully saturated rings. The predicted octanol–water partition coefficient (Wildman–Crippen LogP) is 2.21. The molecule has 0 bridgehead atoms. The summed E-state index contributed by atoms with van der Waals surface area (Å²) < 4.78 is 26.2. The van der Waals surface area contributed by atoms with Crippen LogP contribution in [0.3, 0.4) is 0 Å². The number of hydrogen-bond donors (Lipinski definition) is 1. The van der Waals surface area contributed by atoms with Crippen molar-refractivity contribution in [3.05, 3.63) is 59.3 Å². The number of aromatic nitrogens is 1. The molecule has 1 amide bonds. The largest absolute Gasteiger partial charge is 0.383 e. The van der Waals surface area contributed by atoms with Gasteiger partial charge in [-0.15, -0.1) is 0 Å². The summed E-state index contributed by atoms with van der Waals surface area (Å²) in [6.45, 7) is 0.187. The molecule has 20 heavy (non-hydrogen) atoms. The fourth-order valence-corrected chi connectivity index (χ4v) is 1.81. The highest BCUT2D eigenvalue weighted by Crippen LogP contribution is 2.14. The van der Waals surface area contributed by atoms with E-state index in [0.717, 1.165) is 12.3 Å². The van der Waals surface area contributed by atoms with E-state index < -0.39 is 11.7 Å².